The molecule has 0 saturated heterocycles. The molecule has 0 bridgehead atoms. The Morgan fingerprint density at radius 2 is 2.10 bits per heavy atom. The normalized spacial score (nSPS) is 25.9. The van der Waals surface area contributed by atoms with Crippen LogP contribution in [0.2, 0.25) is 0 Å². The molecule has 21 heavy (non-hydrogen) atoms. The van der Waals surface area contributed by atoms with E-state index in [0.29, 0.717) is 29.0 Å². The quantitative estimate of drug-likeness (QED) is 0.635. The second-order valence-corrected chi connectivity index (χ2v) is 7.36. The number of nitrogen functional groups attached to an aromatic ring is 1. The maximum atomic E-state index is 12.4. The smallest absolute Gasteiger partial charge is 0.338 e. The van der Waals surface area contributed by atoms with Crippen LogP contribution >= 0.6 is 15.9 Å². The number of carbonyl (C=O) groups excluding carboxylic acids is 1. The number of anilines is 1. The Kier molecular flexibility index (Phi) is 5.31. The van der Waals surface area contributed by atoms with Crippen LogP contribution in [0.4, 0.5) is 5.69 Å². The summed E-state index contributed by atoms with van der Waals surface area (Å²) in [7, 11) is 0. The van der Waals surface area contributed by atoms with Crippen LogP contribution in [-0.2, 0) is 4.74 Å². The number of nitrogens with two attached hydrogens (primary N) is 1. The van der Waals surface area contributed by atoms with E-state index in [1.807, 2.05) is 0 Å². The molecule has 2 N–H and O–H groups in total. The van der Waals surface area contributed by atoms with Gasteiger partial charge in [0.25, 0.3) is 0 Å². The van der Waals surface area contributed by atoms with E-state index in [0.717, 1.165) is 17.3 Å². The fraction of sp³-hybridized carbons (Fsp3) is 0.588. The molecule has 1 aromatic rings. The zero-order chi connectivity index (χ0) is 15.6. The summed E-state index contributed by atoms with van der Waals surface area (Å²) < 4.78 is 6.60. The van der Waals surface area contributed by atoms with Gasteiger partial charge in [0.15, 0.2) is 0 Å². The van der Waals surface area contributed by atoms with E-state index in [-0.39, 0.29) is 12.1 Å². The zero-order valence-electron chi connectivity index (χ0n) is 12.9. The second kappa shape index (κ2) is 6.82. The number of carbonyl (C=O) groups is 1. The lowest BCUT2D eigenvalue weighted by Crippen LogP contribution is -2.35. The first-order valence-corrected chi connectivity index (χ1v) is 8.43. The summed E-state index contributed by atoms with van der Waals surface area (Å²) in [5, 5.41) is 0. The van der Waals surface area contributed by atoms with Crippen LogP contribution in [0.15, 0.2) is 22.7 Å². The predicted octanol–water partition coefficient (Wildman–Crippen LogP) is 4.65. The van der Waals surface area contributed by atoms with Crippen molar-refractivity contribution in [1.82, 2.24) is 0 Å². The van der Waals surface area contributed by atoms with E-state index in [1.54, 1.807) is 18.2 Å². The van der Waals surface area contributed by atoms with E-state index in [1.165, 1.54) is 6.42 Å². The summed E-state index contributed by atoms with van der Waals surface area (Å²) in [5.74, 6) is 1.34. The van der Waals surface area contributed by atoms with E-state index in [2.05, 4.69) is 36.7 Å². The van der Waals surface area contributed by atoms with Crippen molar-refractivity contribution in [3.63, 3.8) is 0 Å². The largest absolute Gasteiger partial charge is 0.458 e. The molecular weight excluding hydrogens is 330 g/mol. The van der Waals surface area contributed by atoms with Gasteiger partial charge >= 0.3 is 5.97 Å². The number of esters is 1. The highest BCUT2D eigenvalue weighted by Gasteiger charge is 2.33. The topological polar surface area (TPSA) is 52.3 Å². The number of halogens is 1. The molecule has 1 fully saturated rings. The number of hydrogen-bond acceptors (Lipinski definition) is 3. The first-order valence-electron chi connectivity index (χ1n) is 7.64. The van der Waals surface area contributed by atoms with Gasteiger partial charge in [-0.1, -0.05) is 27.2 Å². The second-order valence-electron chi connectivity index (χ2n) is 6.51. The lowest BCUT2D eigenvalue weighted by Gasteiger charge is -2.36. The Balaban J connectivity index is 2.10. The van der Waals surface area contributed by atoms with Gasteiger partial charge in [0, 0.05) is 10.2 Å². The zero-order valence-corrected chi connectivity index (χ0v) is 14.5. The number of ether oxygens (including phenoxy) is 1. The molecule has 0 spiro atoms. The Bertz CT molecular complexity index is 516. The third-order valence-electron chi connectivity index (χ3n) is 4.45. The van der Waals surface area contributed by atoms with E-state index >= 15 is 0 Å². The van der Waals surface area contributed by atoms with Crippen LogP contribution in [0.1, 0.15) is 50.4 Å². The molecule has 1 aliphatic carbocycles. The van der Waals surface area contributed by atoms with Gasteiger partial charge in [-0.2, -0.15) is 0 Å². The van der Waals surface area contributed by atoms with Gasteiger partial charge in [-0.3, -0.25) is 0 Å². The van der Waals surface area contributed by atoms with Crippen LogP contribution in [0.25, 0.3) is 0 Å². The standard InChI is InChI=1S/C17H24BrNO2/c1-10(2)13-6-4-11(3)8-16(13)21-17(20)12-5-7-14(18)15(19)9-12/h5,7,9-11,13,16H,4,6,8,19H2,1-3H3. The van der Waals surface area contributed by atoms with Crippen molar-refractivity contribution in [2.24, 2.45) is 17.8 Å². The van der Waals surface area contributed by atoms with Crippen LogP contribution in [-0.4, -0.2) is 12.1 Å². The Labute approximate surface area is 135 Å². The molecule has 0 radical (unpaired) electrons. The summed E-state index contributed by atoms with van der Waals surface area (Å²) in [6.45, 7) is 6.65. The SMILES string of the molecule is CC1CCC(C(C)C)C(OC(=O)c2ccc(Br)c(N)c2)C1. The van der Waals surface area contributed by atoms with Gasteiger partial charge in [0.2, 0.25) is 0 Å². The van der Waals surface area contributed by atoms with Crippen molar-refractivity contribution in [3.8, 4) is 0 Å². The molecule has 0 heterocycles. The van der Waals surface area contributed by atoms with Gasteiger partial charge in [-0.25, -0.2) is 4.79 Å². The summed E-state index contributed by atoms with van der Waals surface area (Å²) in [6.07, 6.45) is 3.34. The van der Waals surface area contributed by atoms with Crippen LogP contribution < -0.4 is 5.73 Å². The van der Waals surface area contributed by atoms with E-state index in [9.17, 15) is 4.79 Å². The number of benzene rings is 1. The molecule has 0 amide bonds. The lowest BCUT2D eigenvalue weighted by atomic mass is 9.75. The Morgan fingerprint density at radius 3 is 2.71 bits per heavy atom. The molecule has 0 aromatic heterocycles. The van der Waals surface area contributed by atoms with Crippen molar-refractivity contribution >= 4 is 27.6 Å². The minimum Gasteiger partial charge on any atom is -0.458 e. The molecule has 116 valence electrons. The van der Waals surface area contributed by atoms with Gasteiger partial charge in [0.05, 0.1) is 5.56 Å². The number of rotatable bonds is 3. The van der Waals surface area contributed by atoms with Crippen LogP contribution in [0.3, 0.4) is 0 Å². The highest BCUT2D eigenvalue weighted by atomic mass is 79.9. The predicted molar refractivity (Wildman–Crippen MR) is 89.1 cm³/mol. The maximum Gasteiger partial charge on any atom is 0.338 e. The summed E-state index contributed by atoms with van der Waals surface area (Å²) in [5.41, 5.74) is 6.92. The summed E-state index contributed by atoms with van der Waals surface area (Å²) >= 11 is 3.34. The van der Waals surface area contributed by atoms with Crippen LogP contribution in [0.5, 0.6) is 0 Å². The minimum atomic E-state index is -0.265. The molecule has 2 rings (SSSR count). The molecule has 0 aliphatic heterocycles. The minimum absolute atomic E-state index is 0.0196. The third-order valence-corrected chi connectivity index (χ3v) is 5.17. The highest BCUT2D eigenvalue weighted by molar-refractivity contribution is 9.10. The molecule has 4 heteroatoms. The molecule has 3 nitrogen and oxygen atoms in total. The Morgan fingerprint density at radius 1 is 1.38 bits per heavy atom. The number of hydrogen-bond donors (Lipinski definition) is 1. The molecule has 1 aromatic carbocycles. The van der Waals surface area contributed by atoms with Gasteiger partial charge in [-0.05, 0) is 64.7 Å². The van der Waals surface area contributed by atoms with Crippen molar-refractivity contribution in [2.45, 2.75) is 46.1 Å². The highest BCUT2D eigenvalue weighted by Crippen LogP contribution is 2.35. The van der Waals surface area contributed by atoms with E-state index < -0.39 is 0 Å². The average molecular weight is 354 g/mol. The Hall–Kier alpha value is -1.03. The molecule has 3 unspecified atom stereocenters. The molecule has 1 saturated carbocycles. The molecule has 3 atom stereocenters. The fourth-order valence-corrected chi connectivity index (χ4v) is 3.37. The third kappa shape index (κ3) is 4.00. The van der Waals surface area contributed by atoms with Crippen molar-refractivity contribution in [3.05, 3.63) is 28.2 Å². The van der Waals surface area contributed by atoms with Crippen molar-refractivity contribution in [1.29, 1.82) is 0 Å². The van der Waals surface area contributed by atoms with Crippen molar-refractivity contribution < 1.29 is 9.53 Å². The van der Waals surface area contributed by atoms with Crippen LogP contribution in [0, 0.1) is 17.8 Å². The molecular formula is C17H24BrNO2. The summed E-state index contributed by atoms with van der Waals surface area (Å²) in [4.78, 5) is 12.4. The van der Waals surface area contributed by atoms with Crippen molar-refractivity contribution in [2.75, 3.05) is 5.73 Å². The lowest BCUT2D eigenvalue weighted by molar-refractivity contribution is -0.0174. The average Bonchev–Trinajstić information content (AvgIpc) is 2.41. The van der Waals surface area contributed by atoms with E-state index in [4.69, 9.17) is 10.5 Å². The fourth-order valence-electron chi connectivity index (χ4n) is 3.13. The summed E-state index contributed by atoms with van der Waals surface area (Å²) in [6, 6.07) is 5.21. The first-order chi connectivity index (χ1) is 9.88. The first kappa shape index (κ1) is 16.3. The molecule has 1 aliphatic rings. The van der Waals surface area contributed by atoms with Gasteiger partial charge in [0.1, 0.15) is 6.10 Å². The van der Waals surface area contributed by atoms with Gasteiger partial charge in [-0.15, -0.1) is 0 Å². The monoisotopic (exact) mass is 353 g/mol. The maximum absolute atomic E-state index is 12.4. The van der Waals surface area contributed by atoms with Gasteiger partial charge < -0.3 is 10.5 Å².